The van der Waals surface area contributed by atoms with Gasteiger partial charge >= 0.3 is 0 Å². The van der Waals surface area contributed by atoms with Gasteiger partial charge in [-0.3, -0.25) is 23.7 Å². The van der Waals surface area contributed by atoms with Gasteiger partial charge in [0.1, 0.15) is 11.5 Å². The highest BCUT2D eigenvalue weighted by Crippen LogP contribution is 2.32. The van der Waals surface area contributed by atoms with Crippen LogP contribution in [0.4, 0.5) is 5.69 Å². The lowest BCUT2D eigenvalue weighted by Gasteiger charge is -2.18. The van der Waals surface area contributed by atoms with Gasteiger partial charge in [-0.15, -0.1) is 0 Å². The second-order valence-electron chi connectivity index (χ2n) is 10.6. The Morgan fingerprint density at radius 3 is 2.58 bits per heavy atom. The molecule has 1 N–H and O–H groups in total. The molecule has 0 radical (unpaired) electrons. The predicted octanol–water partition coefficient (Wildman–Crippen LogP) is 6.17. The van der Waals surface area contributed by atoms with Crippen molar-refractivity contribution in [2.75, 3.05) is 5.32 Å². The molecule has 5 rings (SSSR count). The minimum absolute atomic E-state index is 0.118. The van der Waals surface area contributed by atoms with E-state index < -0.39 is 10.8 Å². The maximum Gasteiger partial charge on any atom is 0.228 e. The number of hydrogen-bond acceptors (Lipinski definition) is 6. The first kappa shape index (κ1) is 27.2. The van der Waals surface area contributed by atoms with Gasteiger partial charge in [-0.25, -0.2) is 0 Å². The molecule has 0 saturated carbocycles. The number of nitrogens with zero attached hydrogens (tertiary/aromatic N) is 4. The SMILES string of the molecule is Cc1cc(CC(=O)Nc2cnn(C(C)(C)C)c2)ccc1Oc1ccnc2ccc([S@](=O)Cc3ccccn3)cc12. The van der Waals surface area contributed by atoms with Crippen molar-refractivity contribution in [3.05, 3.63) is 102 Å². The number of pyridine rings is 2. The number of aromatic nitrogens is 4. The zero-order valence-corrected chi connectivity index (χ0v) is 23.7. The molecule has 1 amide bonds. The first-order valence-corrected chi connectivity index (χ1v) is 14.3. The third-order valence-corrected chi connectivity index (χ3v) is 7.66. The zero-order valence-electron chi connectivity index (χ0n) is 22.9. The van der Waals surface area contributed by atoms with Gasteiger partial charge in [0.25, 0.3) is 0 Å². The van der Waals surface area contributed by atoms with Crippen LogP contribution < -0.4 is 10.1 Å². The highest BCUT2D eigenvalue weighted by Gasteiger charge is 2.16. The number of anilines is 1. The molecule has 9 heteroatoms. The lowest BCUT2D eigenvalue weighted by molar-refractivity contribution is -0.115. The molecule has 1 atom stereocenters. The standard InChI is InChI=1S/C31H31N5O3S/c1-21-15-22(16-30(37)35-24-18-34-36(19-24)31(2,3)4)8-11-28(21)39-29-12-14-33-27-10-9-25(17-26(27)29)40(38)20-23-7-5-6-13-32-23/h5-15,17-19H,16,20H2,1-4H3,(H,35,37)/t40-/m1/s1. The van der Waals surface area contributed by atoms with Crippen molar-refractivity contribution in [1.29, 1.82) is 0 Å². The van der Waals surface area contributed by atoms with Crippen molar-refractivity contribution < 1.29 is 13.7 Å². The van der Waals surface area contributed by atoms with E-state index in [0.717, 1.165) is 27.7 Å². The summed E-state index contributed by atoms with van der Waals surface area (Å²) in [6.07, 6.45) is 7.11. The lowest BCUT2D eigenvalue weighted by Crippen LogP contribution is -2.22. The highest BCUT2D eigenvalue weighted by atomic mass is 32.2. The fraction of sp³-hybridized carbons (Fsp3) is 0.226. The number of amides is 1. The topological polar surface area (TPSA) is 99.0 Å². The van der Waals surface area contributed by atoms with Gasteiger partial charge in [-0.1, -0.05) is 18.2 Å². The molecule has 204 valence electrons. The minimum Gasteiger partial charge on any atom is -0.456 e. The van der Waals surface area contributed by atoms with Gasteiger partial charge in [0.05, 0.1) is 51.6 Å². The number of aryl methyl sites for hydroxylation is 1. The van der Waals surface area contributed by atoms with Crippen molar-refractivity contribution >= 4 is 33.3 Å². The van der Waals surface area contributed by atoms with Gasteiger partial charge in [-0.05, 0) is 81.3 Å². The van der Waals surface area contributed by atoms with E-state index in [9.17, 15) is 9.00 Å². The lowest BCUT2D eigenvalue weighted by atomic mass is 10.1. The minimum atomic E-state index is -1.27. The molecule has 0 spiro atoms. The van der Waals surface area contributed by atoms with Crippen LogP contribution in [-0.4, -0.2) is 29.9 Å². The third-order valence-electron chi connectivity index (χ3n) is 6.32. The van der Waals surface area contributed by atoms with Gasteiger partial charge < -0.3 is 10.1 Å². The Labute approximate surface area is 235 Å². The highest BCUT2D eigenvalue weighted by molar-refractivity contribution is 7.84. The number of ether oxygens (including phenoxy) is 1. The number of nitrogens with one attached hydrogen (secondary N) is 1. The number of fused-ring (bicyclic) bond motifs is 1. The summed E-state index contributed by atoms with van der Waals surface area (Å²) >= 11 is 0. The van der Waals surface area contributed by atoms with E-state index in [-0.39, 0.29) is 17.9 Å². The van der Waals surface area contributed by atoms with Gasteiger partial charge in [0, 0.05) is 28.9 Å². The maximum atomic E-state index is 13.0. The molecule has 40 heavy (non-hydrogen) atoms. The van der Waals surface area contributed by atoms with Crippen LogP contribution in [0.2, 0.25) is 0 Å². The van der Waals surface area contributed by atoms with Crippen LogP contribution in [0.3, 0.4) is 0 Å². The van der Waals surface area contributed by atoms with Crippen molar-refractivity contribution in [3.8, 4) is 11.5 Å². The molecular formula is C31H31N5O3S. The Morgan fingerprint density at radius 2 is 1.85 bits per heavy atom. The molecule has 2 aromatic carbocycles. The molecule has 8 nitrogen and oxygen atoms in total. The summed E-state index contributed by atoms with van der Waals surface area (Å²) in [6.45, 7) is 8.10. The first-order valence-electron chi connectivity index (χ1n) is 13.0. The molecule has 5 aromatic rings. The normalized spacial score (nSPS) is 12.3. The Morgan fingerprint density at radius 1 is 1.00 bits per heavy atom. The molecule has 0 saturated heterocycles. The molecule has 3 heterocycles. The van der Waals surface area contributed by atoms with Crippen LogP contribution in [-0.2, 0) is 33.3 Å². The van der Waals surface area contributed by atoms with Crippen molar-refractivity contribution in [3.63, 3.8) is 0 Å². The largest absolute Gasteiger partial charge is 0.456 e. The molecular weight excluding hydrogens is 522 g/mol. The Bertz CT molecular complexity index is 1690. The number of benzene rings is 2. The Kier molecular flexibility index (Phi) is 7.75. The summed E-state index contributed by atoms with van der Waals surface area (Å²) in [6, 6.07) is 18.6. The average Bonchev–Trinajstić information content (AvgIpc) is 3.40. The maximum absolute atomic E-state index is 13.0. The van der Waals surface area contributed by atoms with Crippen LogP contribution in [0.5, 0.6) is 11.5 Å². The molecule has 0 unspecified atom stereocenters. The quantitative estimate of drug-likeness (QED) is 0.247. The van der Waals surface area contributed by atoms with E-state index in [1.807, 2.05) is 72.4 Å². The van der Waals surface area contributed by atoms with Crippen molar-refractivity contribution in [2.24, 2.45) is 0 Å². The van der Waals surface area contributed by atoms with Gasteiger partial charge in [0.15, 0.2) is 0 Å². The summed E-state index contributed by atoms with van der Waals surface area (Å²) < 4.78 is 21.2. The third kappa shape index (κ3) is 6.43. The fourth-order valence-corrected chi connectivity index (χ4v) is 5.31. The number of hydrogen-bond donors (Lipinski definition) is 1. The summed E-state index contributed by atoms with van der Waals surface area (Å²) in [7, 11) is -1.27. The molecule has 0 bridgehead atoms. The number of carbonyl (C=O) groups is 1. The second-order valence-corrected chi connectivity index (χ2v) is 12.0. The summed E-state index contributed by atoms with van der Waals surface area (Å²) in [4.78, 5) is 22.1. The van der Waals surface area contributed by atoms with E-state index in [4.69, 9.17) is 4.74 Å². The Balaban J connectivity index is 1.30. The molecule has 0 aliphatic carbocycles. The summed E-state index contributed by atoms with van der Waals surface area (Å²) in [5.74, 6) is 1.50. The van der Waals surface area contributed by atoms with E-state index in [1.54, 1.807) is 24.7 Å². The van der Waals surface area contributed by atoms with E-state index in [2.05, 4.69) is 41.2 Å². The molecule has 3 aromatic heterocycles. The second kappa shape index (κ2) is 11.4. The van der Waals surface area contributed by atoms with Crippen molar-refractivity contribution in [1.82, 2.24) is 19.7 Å². The monoisotopic (exact) mass is 553 g/mol. The predicted molar refractivity (Wildman–Crippen MR) is 157 cm³/mol. The number of rotatable bonds is 8. The fourth-order valence-electron chi connectivity index (χ4n) is 4.23. The van der Waals surface area contributed by atoms with Crippen LogP contribution in [0.1, 0.15) is 37.6 Å². The summed E-state index contributed by atoms with van der Waals surface area (Å²) in [5, 5.41) is 8.02. The molecule has 0 aliphatic heterocycles. The summed E-state index contributed by atoms with van der Waals surface area (Å²) in [5.41, 5.74) is 3.79. The van der Waals surface area contributed by atoms with Crippen LogP contribution in [0.25, 0.3) is 10.9 Å². The van der Waals surface area contributed by atoms with Crippen LogP contribution in [0, 0.1) is 6.92 Å². The molecule has 0 aliphatic rings. The smallest absolute Gasteiger partial charge is 0.228 e. The number of carbonyl (C=O) groups excluding carboxylic acids is 1. The van der Waals surface area contributed by atoms with Crippen molar-refractivity contribution in [2.45, 2.75) is 50.3 Å². The zero-order chi connectivity index (χ0) is 28.3. The molecule has 0 fully saturated rings. The van der Waals surface area contributed by atoms with Crippen LogP contribution >= 0.6 is 0 Å². The van der Waals surface area contributed by atoms with E-state index in [0.29, 0.717) is 27.8 Å². The van der Waals surface area contributed by atoms with Gasteiger partial charge in [0.2, 0.25) is 5.91 Å². The van der Waals surface area contributed by atoms with E-state index in [1.165, 1.54) is 0 Å². The average molecular weight is 554 g/mol. The van der Waals surface area contributed by atoms with Crippen LogP contribution in [0.15, 0.2) is 90.3 Å². The first-order chi connectivity index (χ1) is 19.2. The Hall–Kier alpha value is -4.37. The van der Waals surface area contributed by atoms with E-state index >= 15 is 0 Å². The van der Waals surface area contributed by atoms with Gasteiger partial charge in [-0.2, -0.15) is 5.10 Å².